The molecule has 0 fully saturated rings. The summed E-state index contributed by atoms with van der Waals surface area (Å²) in [5.74, 6) is 0. The lowest BCUT2D eigenvalue weighted by atomic mass is 10.1. The van der Waals surface area contributed by atoms with Gasteiger partial charge in [-0.1, -0.05) is 38.1 Å². The Balaban J connectivity index is 2.18. The van der Waals surface area contributed by atoms with E-state index in [0.717, 1.165) is 6.54 Å². The van der Waals surface area contributed by atoms with Crippen molar-refractivity contribution in [3.8, 4) is 0 Å². The minimum atomic E-state index is -0.319. The predicted molar refractivity (Wildman–Crippen MR) is 67.7 cm³/mol. The van der Waals surface area contributed by atoms with E-state index in [1.54, 1.807) is 0 Å². The highest BCUT2D eigenvalue weighted by Crippen LogP contribution is 2.21. The van der Waals surface area contributed by atoms with Gasteiger partial charge in [-0.15, -0.1) is 0 Å². The molecule has 0 amide bonds. The third-order valence-corrected chi connectivity index (χ3v) is 5.80. The second kappa shape index (κ2) is 4.66. The summed E-state index contributed by atoms with van der Waals surface area (Å²) in [6.07, 6.45) is 4.55. The topological polar surface area (TPSA) is 3.24 Å². The maximum Gasteiger partial charge on any atom is 0.168 e. The first-order valence-corrected chi connectivity index (χ1v) is 7.58. The van der Waals surface area contributed by atoms with E-state index in [2.05, 4.69) is 55.0 Å². The van der Waals surface area contributed by atoms with Crippen molar-refractivity contribution >= 4 is 15.0 Å². The molecule has 0 atom stereocenters. The lowest BCUT2D eigenvalue weighted by Crippen LogP contribution is -2.34. The summed E-state index contributed by atoms with van der Waals surface area (Å²) in [4.78, 5) is 0. The van der Waals surface area contributed by atoms with E-state index in [1.807, 2.05) is 0 Å². The van der Waals surface area contributed by atoms with Crippen molar-refractivity contribution in [1.29, 1.82) is 0 Å². The van der Waals surface area contributed by atoms with Crippen molar-refractivity contribution < 1.29 is 0 Å². The molecule has 0 bridgehead atoms. The highest BCUT2D eigenvalue weighted by molar-refractivity contribution is 6.55. The van der Waals surface area contributed by atoms with E-state index < -0.39 is 0 Å². The van der Waals surface area contributed by atoms with Crippen molar-refractivity contribution in [3.05, 3.63) is 41.6 Å². The van der Waals surface area contributed by atoms with Crippen LogP contribution in [0.25, 0.3) is 6.08 Å². The summed E-state index contributed by atoms with van der Waals surface area (Å²) in [5.41, 5.74) is 2.87. The SMILES string of the molecule is CC[Si](CC)N1C=Cc2ccccc2C1. The van der Waals surface area contributed by atoms with Crippen LogP contribution in [-0.2, 0) is 6.54 Å². The van der Waals surface area contributed by atoms with Gasteiger partial charge in [0.2, 0.25) is 0 Å². The van der Waals surface area contributed by atoms with Gasteiger partial charge in [-0.05, 0) is 35.5 Å². The smallest absolute Gasteiger partial charge is 0.168 e. The van der Waals surface area contributed by atoms with E-state index in [0.29, 0.717) is 0 Å². The molecule has 1 nitrogen and oxygen atoms in total. The van der Waals surface area contributed by atoms with Gasteiger partial charge in [-0.3, -0.25) is 0 Å². The van der Waals surface area contributed by atoms with Crippen LogP contribution < -0.4 is 0 Å². The highest BCUT2D eigenvalue weighted by atomic mass is 28.3. The van der Waals surface area contributed by atoms with Gasteiger partial charge in [0.1, 0.15) is 0 Å². The number of nitrogens with zero attached hydrogens (tertiary/aromatic N) is 1. The summed E-state index contributed by atoms with van der Waals surface area (Å²) in [6, 6.07) is 11.4. The van der Waals surface area contributed by atoms with Crippen LogP contribution in [0.1, 0.15) is 25.0 Å². The number of fused-ring (bicyclic) bond motifs is 1. The first-order chi connectivity index (χ1) is 7.35. The third-order valence-electron chi connectivity index (χ3n) is 3.05. The van der Waals surface area contributed by atoms with Gasteiger partial charge in [0.05, 0.1) is 0 Å². The molecule has 1 aliphatic rings. The largest absolute Gasteiger partial charge is 0.399 e. The van der Waals surface area contributed by atoms with Gasteiger partial charge in [0, 0.05) is 6.54 Å². The molecule has 0 saturated heterocycles. The maximum absolute atomic E-state index is 2.56. The molecule has 1 heterocycles. The molecule has 1 radical (unpaired) electrons. The Labute approximate surface area is 94.1 Å². The molecule has 0 spiro atoms. The maximum atomic E-state index is 2.56. The zero-order valence-corrected chi connectivity index (χ0v) is 10.5. The third kappa shape index (κ3) is 2.15. The fourth-order valence-corrected chi connectivity index (χ4v) is 4.11. The first-order valence-electron chi connectivity index (χ1n) is 5.72. The Kier molecular flexibility index (Phi) is 3.26. The minimum Gasteiger partial charge on any atom is -0.399 e. The summed E-state index contributed by atoms with van der Waals surface area (Å²) in [5, 5.41) is 0. The van der Waals surface area contributed by atoms with E-state index in [1.165, 1.54) is 23.2 Å². The van der Waals surface area contributed by atoms with Crippen LogP contribution >= 0.6 is 0 Å². The molecular formula is C13H18NSi. The van der Waals surface area contributed by atoms with Gasteiger partial charge >= 0.3 is 0 Å². The van der Waals surface area contributed by atoms with Crippen LogP contribution in [0.15, 0.2) is 30.5 Å². The van der Waals surface area contributed by atoms with Crippen LogP contribution in [0.4, 0.5) is 0 Å². The molecular weight excluding hydrogens is 198 g/mol. The van der Waals surface area contributed by atoms with Crippen molar-refractivity contribution in [2.24, 2.45) is 0 Å². The molecule has 0 N–H and O–H groups in total. The highest BCUT2D eigenvalue weighted by Gasteiger charge is 2.17. The van der Waals surface area contributed by atoms with E-state index in [4.69, 9.17) is 0 Å². The summed E-state index contributed by atoms with van der Waals surface area (Å²) < 4.78 is 2.56. The fourth-order valence-electron chi connectivity index (χ4n) is 2.12. The number of benzene rings is 1. The Bertz CT molecular complexity index is 355. The minimum absolute atomic E-state index is 0.319. The van der Waals surface area contributed by atoms with Gasteiger partial charge < -0.3 is 4.57 Å². The Hall–Kier alpha value is -1.02. The van der Waals surface area contributed by atoms with Crippen molar-refractivity contribution in [2.45, 2.75) is 32.5 Å². The number of rotatable bonds is 3. The average molecular weight is 216 g/mol. The van der Waals surface area contributed by atoms with Crippen LogP contribution in [0.3, 0.4) is 0 Å². The lowest BCUT2D eigenvalue weighted by Gasteiger charge is -2.31. The Morgan fingerprint density at radius 2 is 1.93 bits per heavy atom. The van der Waals surface area contributed by atoms with Gasteiger partial charge in [-0.2, -0.15) is 0 Å². The van der Waals surface area contributed by atoms with Crippen molar-refractivity contribution in [2.75, 3.05) is 0 Å². The Morgan fingerprint density at radius 3 is 2.67 bits per heavy atom. The second-order valence-electron chi connectivity index (χ2n) is 3.92. The zero-order valence-electron chi connectivity index (χ0n) is 9.53. The zero-order chi connectivity index (χ0) is 10.7. The number of hydrogen-bond acceptors (Lipinski definition) is 1. The van der Waals surface area contributed by atoms with Crippen LogP contribution in [0, 0.1) is 0 Å². The Morgan fingerprint density at radius 1 is 1.20 bits per heavy atom. The first kappa shape index (κ1) is 10.5. The number of hydrogen-bond donors (Lipinski definition) is 0. The summed E-state index contributed by atoms with van der Waals surface area (Å²) in [6.45, 7) is 5.74. The standard InChI is InChI=1S/C13H18NSi/c1-3-15(4-2)14-10-9-12-7-5-6-8-13(12)11-14/h5-10H,3-4,11H2,1-2H3. The van der Waals surface area contributed by atoms with Crippen LogP contribution in [0.5, 0.6) is 0 Å². The molecule has 1 aliphatic heterocycles. The molecule has 0 aromatic heterocycles. The van der Waals surface area contributed by atoms with Crippen LogP contribution in [-0.4, -0.2) is 13.5 Å². The monoisotopic (exact) mass is 216 g/mol. The molecule has 0 unspecified atom stereocenters. The second-order valence-corrected chi connectivity index (χ2v) is 7.04. The molecule has 2 heteroatoms. The summed E-state index contributed by atoms with van der Waals surface area (Å²) >= 11 is 0. The molecule has 0 aliphatic carbocycles. The van der Waals surface area contributed by atoms with Crippen LogP contribution in [0.2, 0.25) is 12.1 Å². The van der Waals surface area contributed by atoms with Gasteiger partial charge in [0.15, 0.2) is 8.96 Å². The molecule has 1 aromatic carbocycles. The van der Waals surface area contributed by atoms with Crippen molar-refractivity contribution in [3.63, 3.8) is 0 Å². The molecule has 1 aromatic rings. The summed E-state index contributed by atoms with van der Waals surface area (Å²) in [7, 11) is -0.319. The molecule has 15 heavy (non-hydrogen) atoms. The van der Waals surface area contributed by atoms with Gasteiger partial charge in [-0.25, -0.2) is 0 Å². The van der Waals surface area contributed by atoms with E-state index in [9.17, 15) is 0 Å². The molecule has 2 rings (SSSR count). The van der Waals surface area contributed by atoms with Gasteiger partial charge in [0.25, 0.3) is 0 Å². The van der Waals surface area contributed by atoms with Crippen molar-refractivity contribution in [1.82, 2.24) is 4.57 Å². The van der Waals surface area contributed by atoms with E-state index >= 15 is 0 Å². The lowest BCUT2D eigenvalue weighted by molar-refractivity contribution is 0.558. The predicted octanol–water partition coefficient (Wildman–Crippen LogP) is 3.50. The quantitative estimate of drug-likeness (QED) is 0.699. The fraction of sp³-hybridized carbons (Fsp3) is 0.385. The average Bonchev–Trinajstić information content (AvgIpc) is 2.30. The normalized spacial score (nSPS) is 14.5. The molecule has 79 valence electrons. The van der Waals surface area contributed by atoms with E-state index in [-0.39, 0.29) is 8.96 Å². The molecule has 0 saturated carbocycles.